The summed E-state index contributed by atoms with van der Waals surface area (Å²) in [4.78, 5) is 104. The zero-order valence-electron chi connectivity index (χ0n) is 94.4. The van der Waals surface area contributed by atoms with Crippen LogP contribution < -0.4 is 0 Å². The van der Waals surface area contributed by atoms with Crippen LogP contribution in [0.15, 0.2) is 0 Å². The molecule has 836 valence electrons. The Morgan fingerprint density at radius 2 is 0.317 bits per heavy atom. The van der Waals surface area contributed by atoms with Crippen molar-refractivity contribution in [3.63, 3.8) is 0 Å². The van der Waals surface area contributed by atoms with Gasteiger partial charge in [-0.3, -0.25) is 33.6 Å². The molecule has 2 aliphatic rings. The minimum absolute atomic E-state index is 0.000952. The van der Waals surface area contributed by atoms with Gasteiger partial charge in [-0.1, -0.05) is 588 Å². The first kappa shape index (κ1) is 134. The molecule has 2 fully saturated rings. The minimum Gasteiger partial charge on any atom is -0.463 e. The lowest BCUT2D eigenvalue weighted by molar-refractivity contribution is -0.357. The molecule has 0 spiro atoms. The zero-order chi connectivity index (χ0) is 103. The fourth-order valence-corrected chi connectivity index (χ4v) is 20.7. The van der Waals surface area contributed by atoms with Gasteiger partial charge >= 0.3 is 41.8 Å². The van der Waals surface area contributed by atoms with Gasteiger partial charge in [-0.25, -0.2) is 0 Å². The quantitative estimate of drug-likeness (QED) is 0.0339. The average molecular weight is 2010 g/mol. The summed E-state index contributed by atoms with van der Waals surface area (Å²) in [7, 11) is 0. The normalized spacial score (nSPS) is 18.0. The van der Waals surface area contributed by atoms with Gasteiger partial charge in [0.15, 0.2) is 43.1 Å². The topological polar surface area (TPSA) is 232 Å². The molecule has 142 heavy (non-hydrogen) atoms. The number of ether oxygens (including phenoxy) is 10. The predicted octanol–water partition coefficient (Wildman–Crippen LogP) is 36.8. The van der Waals surface area contributed by atoms with Crippen molar-refractivity contribution in [1.29, 1.82) is 0 Å². The largest absolute Gasteiger partial charge is 0.463 e. The van der Waals surface area contributed by atoms with Crippen molar-refractivity contribution in [2.24, 2.45) is 0 Å². The third-order valence-electron chi connectivity index (χ3n) is 30.0. The Morgan fingerprint density at radius 1 is 0.169 bits per heavy atom. The summed E-state index contributed by atoms with van der Waals surface area (Å²) in [6, 6.07) is 0. The highest BCUT2D eigenvalue weighted by atomic mass is 16.8. The summed E-state index contributed by atoms with van der Waals surface area (Å²) in [6.07, 6.45) is 85.2. The van der Waals surface area contributed by atoms with Crippen molar-refractivity contribution in [3.05, 3.63) is 0 Å². The molecule has 1 N–H and O–H groups in total. The van der Waals surface area contributed by atoms with Crippen LogP contribution in [0, 0.1) is 0 Å². The van der Waals surface area contributed by atoms with Crippen molar-refractivity contribution in [3.8, 4) is 0 Å². The monoisotopic (exact) mass is 2010 g/mol. The van der Waals surface area contributed by atoms with Gasteiger partial charge in [-0.05, 0) is 44.9 Å². The van der Waals surface area contributed by atoms with E-state index < -0.39 is 116 Å². The summed E-state index contributed by atoms with van der Waals surface area (Å²) in [5.41, 5.74) is 0. The molecule has 2 aliphatic heterocycles. The Morgan fingerprint density at radius 3 is 0.514 bits per heavy atom. The van der Waals surface area contributed by atoms with Gasteiger partial charge in [0.05, 0.1) is 0 Å². The lowest BCUT2D eigenvalue weighted by Gasteiger charge is -2.48. The van der Waals surface area contributed by atoms with Crippen LogP contribution in [0.3, 0.4) is 0 Å². The van der Waals surface area contributed by atoms with E-state index in [1.807, 2.05) is 0 Å². The van der Waals surface area contributed by atoms with Crippen molar-refractivity contribution in [1.82, 2.24) is 0 Å². The molecule has 2 saturated heterocycles. The number of carbonyl (C=O) groups is 7. The smallest absolute Gasteiger partial charge is 0.306 e. The molecule has 18 heteroatoms. The molecule has 0 aromatic rings. The molecule has 2 rings (SSSR count). The van der Waals surface area contributed by atoms with Crippen LogP contribution in [0.1, 0.15) is 678 Å². The van der Waals surface area contributed by atoms with Crippen molar-refractivity contribution in [2.75, 3.05) is 13.2 Å². The molecule has 0 aromatic heterocycles. The van der Waals surface area contributed by atoms with E-state index in [1.165, 1.54) is 360 Å². The summed E-state index contributed by atoms with van der Waals surface area (Å²) < 4.78 is 66.9. The van der Waals surface area contributed by atoms with Crippen LogP contribution in [0.4, 0.5) is 0 Å². The number of carbonyl (C=O) groups excluding carboxylic acids is 7. The molecule has 10 atom stereocenters. The van der Waals surface area contributed by atoms with E-state index in [0.29, 0.717) is 44.9 Å². The minimum atomic E-state index is -1.94. The first-order valence-electron chi connectivity index (χ1n) is 62.7. The second-order valence-corrected chi connectivity index (χ2v) is 43.8. The van der Waals surface area contributed by atoms with Crippen LogP contribution in [-0.4, -0.2) is 122 Å². The molecule has 0 amide bonds. The lowest BCUT2D eigenvalue weighted by Crippen LogP contribution is -2.67. The van der Waals surface area contributed by atoms with Crippen molar-refractivity contribution >= 4 is 41.8 Å². The number of aliphatic hydroxyl groups is 1. The van der Waals surface area contributed by atoms with E-state index in [9.17, 15) is 24.3 Å². The summed E-state index contributed by atoms with van der Waals surface area (Å²) >= 11 is 0. The third-order valence-corrected chi connectivity index (χ3v) is 30.0. The maximum absolute atomic E-state index is 15.2. The molecule has 2 heterocycles. The third kappa shape index (κ3) is 81.0. The van der Waals surface area contributed by atoms with Crippen LogP contribution >= 0.6 is 0 Å². The number of hydrogen-bond acceptors (Lipinski definition) is 18. The summed E-state index contributed by atoms with van der Waals surface area (Å²) in [6.45, 7) is 14.7. The van der Waals surface area contributed by atoms with E-state index in [2.05, 4.69) is 48.5 Å². The molecule has 0 saturated carbocycles. The van der Waals surface area contributed by atoms with Crippen LogP contribution in [0.25, 0.3) is 0 Å². The zero-order valence-corrected chi connectivity index (χ0v) is 94.4. The van der Waals surface area contributed by atoms with Crippen LogP contribution in [0.2, 0.25) is 0 Å². The predicted molar refractivity (Wildman–Crippen MR) is 588 cm³/mol. The van der Waals surface area contributed by atoms with Gasteiger partial charge in [-0.2, -0.15) is 0 Å². The second-order valence-electron chi connectivity index (χ2n) is 43.8. The highest BCUT2D eigenvalue weighted by molar-refractivity contribution is 5.73. The van der Waals surface area contributed by atoms with Crippen molar-refractivity contribution < 1.29 is 86.0 Å². The molecule has 0 aromatic carbocycles. The maximum Gasteiger partial charge on any atom is 0.306 e. The lowest BCUT2D eigenvalue weighted by atomic mass is 9.95. The molecule has 0 radical (unpaired) electrons. The Bertz CT molecular complexity index is 2780. The number of unbranched alkanes of at least 4 members (excludes halogenated alkanes) is 84. The van der Waals surface area contributed by atoms with E-state index in [0.717, 1.165) is 180 Å². The molecule has 0 aliphatic carbocycles. The number of esters is 7. The van der Waals surface area contributed by atoms with Gasteiger partial charge in [0, 0.05) is 44.9 Å². The fourth-order valence-electron chi connectivity index (χ4n) is 20.7. The van der Waals surface area contributed by atoms with Gasteiger partial charge in [0.2, 0.25) is 0 Å². The van der Waals surface area contributed by atoms with Gasteiger partial charge in [-0.15, -0.1) is 0 Å². The Kier molecular flexibility index (Phi) is 97.3. The average Bonchev–Trinajstić information content (AvgIpc) is 0.763. The number of aliphatic hydroxyl groups excluding tert-OH is 1. The van der Waals surface area contributed by atoms with Crippen LogP contribution in [-0.2, 0) is 80.9 Å². The first-order valence-corrected chi connectivity index (χ1v) is 62.7. The highest BCUT2D eigenvalue weighted by Crippen LogP contribution is 2.38. The Labute approximate surface area is 875 Å². The number of rotatable bonds is 109. The van der Waals surface area contributed by atoms with Gasteiger partial charge in [0.25, 0.3) is 0 Å². The van der Waals surface area contributed by atoms with Gasteiger partial charge < -0.3 is 52.5 Å². The summed E-state index contributed by atoms with van der Waals surface area (Å²) in [5, 5.41) is 12.6. The molecule has 0 unspecified atom stereocenters. The molecule has 18 nitrogen and oxygen atoms in total. The first-order chi connectivity index (χ1) is 69.8. The molecule has 0 bridgehead atoms. The number of hydrogen-bond donors (Lipinski definition) is 1. The highest BCUT2D eigenvalue weighted by Gasteiger charge is 2.58. The standard InChI is InChI=1S/C124H232O18/c1-8-15-22-29-36-43-50-57-64-71-78-85-92-99-110(125)133-106-108-118(119(138-113(128)102-95-88-81-74-67-60-53-46-39-32-25-18-11-4)121(123(132)135-108)140-115(130)104-97-90-83-76-69-62-55-48-41-34-27-20-13-6)142-124-122(141-116(131)105-98-91-84-77-70-63-56-49-42-35-28-21-14-7)120(139-114(129)103-96-89-82-75-68-61-54-47-40-33-26-19-12-5)117(137-112(127)101-94-87-80-73-66-59-52-45-38-31-24-17-10-3)109(136-124)107-134-111(126)100-93-86-79-72-65-58-51-44-37-30-23-16-9-2/h108-109,117-124,132H,8-107H2,1-7H3/t108-,109-,117-,118-,119+,120+,121-,122-,123-,124-/m1/s1. The fraction of sp³-hybridized carbons (Fsp3) is 0.944. The Hall–Kier alpha value is -3.87. The molecular formula is C124H232O18. The second kappa shape index (κ2) is 103. The van der Waals surface area contributed by atoms with E-state index in [-0.39, 0.29) is 44.9 Å². The summed E-state index contributed by atoms with van der Waals surface area (Å²) in [5.74, 6) is -4.20. The Balaban J connectivity index is 2.97. The van der Waals surface area contributed by atoms with Crippen molar-refractivity contribution in [2.45, 2.75) is 739 Å². The maximum atomic E-state index is 15.2. The van der Waals surface area contributed by atoms with Crippen LogP contribution in [0.5, 0.6) is 0 Å². The van der Waals surface area contributed by atoms with E-state index >= 15 is 14.4 Å². The van der Waals surface area contributed by atoms with Gasteiger partial charge in [0.1, 0.15) is 31.5 Å². The molecular weight excluding hydrogens is 1780 g/mol. The van der Waals surface area contributed by atoms with E-state index in [1.54, 1.807) is 0 Å². The van der Waals surface area contributed by atoms with E-state index in [4.69, 9.17) is 47.4 Å². The SMILES string of the molecule is CCCCCCCCCCCCCCCC(=O)OC[C@H]1O[C@@H](O)[C@H](OC(=O)CCCCCCCCCCCCCCC)[C@@H](OC(=O)CCCCCCCCCCCCCCC)[C@@H]1O[C@H]1O[C@H](COC(=O)CCCCCCCCCCCCCCC)[C@@H](OC(=O)CCCCCCCCCCCCCCC)[C@H](OC(=O)CCCCCCCCCCCCCCC)[C@H]1OC(=O)CCCCCCCCCCCCCCC.